The molecule has 0 aliphatic heterocycles. The molecule has 0 amide bonds. The van der Waals surface area contributed by atoms with Gasteiger partial charge in [0.05, 0.1) is 0 Å². The highest BCUT2D eigenvalue weighted by Crippen LogP contribution is 2.13. The molecule has 0 aromatic heterocycles. The number of ketones is 1. The summed E-state index contributed by atoms with van der Waals surface area (Å²) in [6.45, 7) is 6.77. The molecule has 0 aliphatic carbocycles. The third-order valence-corrected chi connectivity index (χ3v) is 2.81. The fourth-order valence-corrected chi connectivity index (χ4v) is 1.78. The Morgan fingerprint density at radius 3 is 2.31 bits per heavy atom. The van der Waals surface area contributed by atoms with Crippen molar-refractivity contribution in [2.75, 3.05) is 6.54 Å². The Balaban J connectivity index is 2.66. The van der Waals surface area contributed by atoms with E-state index in [2.05, 4.69) is 13.0 Å². The molecular formula is C14H21NO. The topological polar surface area (TPSA) is 43.1 Å². The van der Waals surface area contributed by atoms with Crippen LogP contribution in [-0.4, -0.2) is 12.3 Å². The smallest absolute Gasteiger partial charge is 0.162 e. The average Bonchev–Trinajstić information content (AvgIpc) is 2.23. The second-order valence-corrected chi connectivity index (χ2v) is 4.68. The summed E-state index contributed by atoms with van der Waals surface area (Å²) in [5.41, 5.74) is 8.67. The van der Waals surface area contributed by atoms with Crippen molar-refractivity contribution in [3.63, 3.8) is 0 Å². The number of hydrogen-bond acceptors (Lipinski definition) is 2. The molecule has 0 radical (unpaired) electrons. The SMILES string of the molecule is Cc1cc(C)cc(C(=O)CCC(C)CN)c1. The van der Waals surface area contributed by atoms with Crippen LogP contribution >= 0.6 is 0 Å². The van der Waals surface area contributed by atoms with E-state index in [-0.39, 0.29) is 5.78 Å². The Morgan fingerprint density at radius 1 is 1.25 bits per heavy atom. The van der Waals surface area contributed by atoms with Crippen molar-refractivity contribution in [1.29, 1.82) is 0 Å². The third kappa shape index (κ3) is 3.78. The van der Waals surface area contributed by atoms with Gasteiger partial charge in [-0.25, -0.2) is 0 Å². The van der Waals surface area contributed by atoms with E-state index in [1.807, 2.05) is 26.0 Å². The van der Waals surface area contributed by atoms with E-state index in [1.54, 1.807) is 0 Å². The maximum Gasteiger partial charge on any atom is 0.162 e. The maximum atomic E-state index is 11.9. The molecule has 0 spiro atoms. The summed E-state index contributed by atoms with van der Waals surface area (Å²) < 4.78 is 0. The fraction of sp³-hybridized carbons (Fsp3) is 0.500. The molecule has 0 aliphatic rings. The van der Waals surface area contributed by atoms with Gasteiger partial charge in [-0.1, -0.05) is 24.1 Å². The third-order valence-electron chi connectivity index (χ3n) is 2.81. The highest BCUT2D eigenvalue weighted by molar-refractivity contribution is 5.96. The molecule has 16 heavy (non-hydrogen) atoms. The number of hydrogen-bond donors (Lipinski definition) is 1. The van der Waals surface area contributed by atoms with Crippen molar-refractivity contribution in [3.8, 4) is 0 Å². The molecule has 0 fully saturated rings. The summed E-state index contributed by atoms with van der Waals surface area (Å²) >= 11 is 0. The zero-order valence-electron chi connectivity index (χ0n) is 10.4. The van der Waals surface area contributed by atoms with Gasteiger partial charge in [0.25, 0.3) is 0 Å². The Hall–Kier alpha value is -1.15. The van der Waals surface area contributed by atoms with Crippen molar-refractivity contribution in [3.05, 3.63) is 34.9 Å². The van der Waals surface area contributed by atoms with E-state index >= 15 is 0 Å². The maximum absolute atomic E-state index is 11.9. The molecule has 1 rings (SSSR count). The summed E-state index contributed by atoms with van der Waals surface area (Å²) in [4.78, 5) is 11.9. The van der Waals surface area contributed by atoms with E-state index in [0.29, 0.717) is 18.9 Å². The molecule has 88 valence electrons. The van der Waals surface area contributed by atoms with Crippen molar-refractivity contribution < 1.29 is 4.79 Å². The van der Waals surface area contributed by atoms with Crippen LogP contribution in [-0.2, 0) is 0 Å². The summed E-state index contributed by atoms with van der Waals surface area (Å²) in [5, 5.41) is 0. The Kier molecular flexibility index (Phi) is 4.69. The number of Topliss-reactive ketones (excluding diaryl/α,β-unsaturated/α-hetero) is 1. The summed E-state index contributed by atoms with van der Waals surface area (Å²) in [5.74, 6) is 0.655. The van der Waals surface area contributed by atoms with Crippen molar-refractivity contribution >= 4 is 5.78 Å². The molecule has 0 saturated heterocycles. The van der Waals surface area contributed by atoms with Gasteiger partial charge in [0.15, 0.2) is 5.78 Å². The van der Waals surface area contributed by atoms with Gasteiger partial charge in [0.1, 0.15) is 0 Å². The molecule has 1 aromatic carbocycles. The van der Waals surface area contributed by atoms with Gasteiger partial charge in [-0.3, -0.25) is 4.79 Å². The van der Waals surface area contributed by atoms with Crippen molar-refractivity contribution in [2.45, 2.75) is 33.6 Å². The number of nitrogens with two attached hydrogens (primary N) is 1. The van der Waals surface area contributed by atoms with E-state index in [4.69, 9.17) is 5.73 Å². The van der Waals surface area contributed by atoms with E-state index in [0.717, 1.165) is 23.1 Å². The Bertz CT molecular complexity index is 351. The van der Waals surface area contributed by atoms with Crippen molar-refractivity contribution in [1.82, 2.24) is 0 Å². The first-order valence-electron chi connectivity index (χ1n) is 5.84. The second-order valence-electron chi connectivity index (χ2n) is 4.68. The first-order chi connectivity index (χ1) is 7.52. The normalized spacial score (nSPS) is 12.5. The van der Waals surface area contributed by atoms with Crippen LogP contribution < -0.4 is 5.73 Å². The van der Waals surface area contributed by atoms with E-state index < -0.39 is 0 Å². The standard InChI is InChI=1S/C14H21NO/c1-10(9-15)4-5-14(16)13-7-11(2)6-12(3)8-13/h6-8,10H,4-5,9,15H2,1-3H3. The van der Waals surface area contributed by atoms with Crippen LogP contribution in [0.3, 0.4) is 0 Å². The monoisotopic (exact) mass is 219 g/mol. The number of benzene rings is 1. The lowest BCUT2D eigenvalue weighted by atomic mass is 9.98. The van der Waals surface area contributed by atoms with Gasteiger partial charge in [-0.15, -0.1) is 0 Å². The molecule has 0 heterocycles. The largest absolute Gasteiger partial charge is 0.330 e. The lowest BCUT2D eigenvalue weighted by Gasteiger charge is -2.08. The summed E-state index contributed by atoms with van der Waals surface area (Å²) in [7, 11) is 0. The minimum absolute atomic E-state index is 0.229. The van der Waals surface area contributed by atoms with Gasteiger partial charge in [-0.2, -0.15) is 0 Å². The first kappa shape index (κ1) is 12.9. The number of rotatable bonds is 5. The lowest BCUT2D eigenvalue weighted by molar-refractivity contribution is 0.0975. The van der Waals surface area contributed by atoms with Gasteiger partial charge in [0, 0.05) is 12.0 Å². The molecule has 2 nitrogen and oxygen atoms in total. The Labute approximate surface area is 97.9 Å². The summed E-state index contributed by atoms with van der Waals surface area (Å²) in [6.07, 6.45) is 1.48. The van der Waals surface area contributed by atoms with Gasteiger partial charge >= 0.3 is 0 Å². The predicted molar refractivity (Wildman–Crippen MR) is 67.7 cm³/mol. The first-order valence-corrected chi connectivity index (χ1v) is 5.84. The quantitative estimate of drug-likeness (QED) is 0.774. The molecule has 2 heteroatoms. The molecular weight excluding hydrogens is 198 g/mol. The lowest BCUT2D eigenvalue weighted by Crippen LogP contribution is -2.12. The Morgan fingerprint density at radius 2 is 1.81 bits per heavy atom. The van der Waals surface area contributed by atoms with Crippen LogP contribution in [0.1, 0.15) is 41.3 Å². The molecule has 2 N–H and O–H groups in total. The molecule has 1 atom stereocenters. The number of carbonyl (C=O) groups is 1. The van der Waals surface area contributed by atoms with E-state index in [1.165, 1.54) is 0 Å². The number of carbonyl (C=O) groups excluding carboxylic acids is 1. The van der Waals surface area contributed by atoms with Crippen LogP contribution in [0.5, 0.6) is 0 Å². The molecule has 0 saturated carbocycles. The van der Waals surface area contributed by atoms with Crippen LogP contribution in [0.25, 0.3) is 0 Å². The van der Waals surface area contributed by atoms with Crippen LogP contribution in [0.15, 0.2) is 18.2 Å². The zero-order chi connectivity index (χ0) is 12.1. The number of aryl methyl sites for hydroxylation is 2. The van der Waals surface area contributed by atoms with Gasteiger partial charge < -0.3 is 5.73 Å². The fourth-order valence-electron chi connectivity index (χ4n) is 1.78. The van der Waals surface area contributed by atoms with Crippen molar-refractivity contribution in [2.24, 2.45) is 11.7 Å². The molecule has 1 unspecified atom stereocenters. The van der Waals surface area contributed by atoms with Crippen LogP contribution in [0, 0.1) is 19.8 Å². The van der Waals surface area contributed by atoms with E-state index in [9.17, 15) is 4.79 Å². The molecule has 1 aromatic rings. The van der Waals surface area contributed by atoms with Gasteiger partial charge in [-0.05, 0) is 44.9 Å². The minimum atomic E-state index is 0.229. The predicted octanol–water partition coefficient (Wildman–Crippen LogP) is 2.86. The average molecular weight is 219 g/mol. The zero-order valence-corrected chi connectivity index (χ0v) is 10.4. The minimum Gasteiger partial charge on any atom is -0.330 e. The highest BCUT2D eigenvalue weighted by atomic mass is 16.1. The van der Waals surface area contributed by atoms with Gasteiger partial charge in [0.2, 0.25) is 0 Å². The van der Waals surface area contributed by atoms with Crippen LogP contribution in [0.4, 0.5) is 0 Å². The highest BCUT2D eigenvalue weighted by Gasteiger charge is 2.08. The second kappa shape index (κ2) is 5.80. The molecule has 0 bridgehead atoms. The van der Waals surface area contributed by atoms with Crippen LogP contribution in [0.2, 0.25) is 0 Å². The summed E-state index contributed by atoms with van der Waals surface area (Å²) in [6, 6.07) is 6.00.